The molecule has 0 saturated carbocycles. The third-order valence-corrected chi connectivity index (χ3v) is 4.29. The van der Waals surface area contributed by atoms with Crippen LogP contribution in [0, 0.1) is 5.92 Å². The van der Waals surface area contributed by atoms with Crippen molar-refractivity contribution in [2.75, 3.05) is 5.32 Å². The number of carboxylic acid groups (broad SMARTS) is 1. The summed E-state index contributed by atoms with van der Waals surface area (Å²) in [7, 11) is 0. The van der Waals surface area contributed by atoms with Crippen LogP contribution in [-0.4, -0.2) is 11.1 Å². The molecular formula is C23H23NO3. The summed E-state index contributed by atoms with van der Waals surface area (Å²) >= 11 is 0. The number of para-hydroxylation sites is 1. The Balaban J connectivity index is 1.57. The lowest BCUT2D eigenvalue weighted by molar-refractivity contribution is -0.141. The Morgan fingerprint density at radius 1 is 0.926 bits per heavy atom. The lowest BCUT2D eigenvalue weighted by Crippen LogP contribution is -2.12. The molecule has 2 N–H and O–H groups in total. The van der Waals surface area contributed by atoms with Crippen LogP contribution in [0.3, 0.4) is 0 Å². The summed E-state index contributed by atoms with van der Waals surface area (Å²) in [4.78, 5) is 11.0. The molecule has 3 aromatic carbocycles. The molecule has 0 aliphatic heterocycles. The van der Waals surface area contributed by atoms with Gasteiger partial charge in [0.15, 0.2) is 0 Å². The minimum atomic E-state index is -0.769. The van der Waals surface area contributed by atoms with Crippen LogP contribution in [0.5, 0.6) is 11.5 Å². The van der Waals surface area contributed by atoms with Crippen LogP contribution in [0.2, 0.25) is 0 Å². The molecule has 1 atom stereocenters. The van der Waals surface area contributed by atoms with Crippen molar-refractivity contribution in [3.63, 3.8) is 0 Å². The number of carboxylic acids is 1. The third-order valence-electron chi connectivity index (χ3n) is 4.29. The molecule has 0 amide bonds. The Morgan fingerprint density at radius 3 is 2.33 bits per heavy atom. The van der Waals surface area contributed by atoms with Gasteiger partial charge in [0.05, 0.1) is 5.92 Å². The molecule has 27 heavy (non-hydrogen) atoms. The van der Waals surface area contributed by atoms with E-state index in [0.29, 0.717) is 13.0 Å². The molecule has 4 heteroatoms. The quantitative estimate of drug-likeness (QED) is 0.567. The highest BCUT2D eigenvalue weighted by Gasteiger charge is 2.11. The zero-order chi connectivity index (χ0) is 19.1. The van der Waals surface area contributed by atoms with Gasteiger partial charge in [0.1, 0.15) is 11.5 Å². The van der Waals surface area contributed by atoms with Crippen molar-refractivity contribution in [3.8, 4) is 11.5 Å². The van der Waals surface area contributed by atoms with Crippen molar-refractivity contribution >= 4 is 11.7 Å². The van der Waals surface area contributed by atoms with Gasteiger partial charge in [-0.1, -0.05) is 49.4 Å². The zero-order valence-electron chi connectivity index (χ0n) is 15.3. The van der Waals surface area contributed by atoms with Crippen molar-refractivity contribution < 1.29 is 14.6 Å². The standard InChI is InChI=1S/C23H23NO3/c1-17(23(25)26)14-18-10-12-20(13-11-18)24-16-19-6-5-9-22(15-19)27-21-7-3-2-4-8-21/h2-13,15,17,24H,14,16H2,1H3,(H,25,26). The fraction of sp³-hybridized carbons (Fsp3) is 0.174. The second-order valence-electron chi connectivity index (χ2n) is 6.56. The first-order valence-corrected chi connectivity index (χ1v) is 8.97. The van der Waals surface area contributed by atoms with Gasteiger partial charge in [0.2, 0.25) is 0 Å². The van der Waals surface area contributed by atoms with E-state index in [4.69, 9.17) is 9.84 Å². The molecule has 0 aliphatic rings. The molecule has 0 saturated heterocycles. The van der Waals surface area contributed by atoms with Gasteiger partial charge in [-0.3, -0.25) is 4.79 Å². The highest BCUT2D eigenvalue weighted by atomic mass is 16.5. The number of anilines is 1. The predicted molar refractivity (Wildman–Crippen MR) is 107 cm³/mol. The summed E-state index contributed by atoms with van der Waals surface area (Å²) in [5, 5.41) is 12.4. The van der Waals surface area contributed by atoms with Gasteiger partial charge in [-0.2, -0.15) is 0 Å². The molecule has 4 nitrogen and oxygen atoms in total. The van der Waals surface area contributed by atoms with E-state index in [0.717, 1.165) is 28.3 Å². The number of ether oxygens (including phenoxy) is 1. The second-order valence-corrected chi connectivity index (χ2v) is 6.56. The summed E-state index contributed by atoms with van der Waals surface area (Å²) < 4.78 is 5.87. The molecule has 3 aromatic rings. The van der Waals surface area contributed by atoms with Gasteiger partial charge in [-0.25, -0.2) is 0 Å². The zero-order valence-corrected chi connectivity index (χ0v) is 15.3. The third kappa shape index (κ3) is 5.61. The minimum Gasteiger partial charge on any atom is -0.481 e. The van der Waals surface area contributed by atoms with Gasteiger partial charge in [-0.05, 0) is 53.9 Å². The Bertz CT molecular complexity index is 876. The molecule has 0 spiro atoms. The van der Waals surface area contributed by atoms with Crippen molar-refractivity contribution in [1.29, 1.82) is 0 Å². The molecule has 3 rings (SSSR count). The SMILES string of the molecule is CC(Cc1ccc(NCc2cccc(Oc3ccccc3)c2)cc1)C(=O)O. The molecular weight excluding hydrogens is 338 g/mol. The van der Waals surface area contributed by atoms with Gasteiger partial charge in [0.25, 0.3) is 0 Å². The summed E-state index contributed by atoms with van der Waals surface area (Å²) in [6.45, 7) is 2.40. The largest absolute Gasteiger partial charge is 0.481 e. The number of hydrogen-bond acceptors (Lipinski definition) is 3. The van der Waals surface area contributed by atoms with Crippen LogP contribution >= 0.6 is 0 Å². The maximum Gasteiger partial charge on any atom is 0.306 e. The lowest BCUT2D eigenvalue weighted by atomic mass is 10.0. The topological polar surface area (TPSA) is 58.6 Å². The Morgan fingerprint density at radius 2 is 1.63 bits per heavy atom. The van der Waals surface area contributed by atoms with Gasteiger partial charge < -0.3 is 15.2 Å². The van der Waals surface area contributed by atoms with E-state index in [2.05, 4.69) is 5.32 Å². The number of benzene rings is 3. The molecule has 0 aliphatic carbocycles. The summed E-state index contributed by atoms with van der Waals surface area (Å²) in [6, 6.07) is 25.6. The monoisotopic (exact) mass is 361 g/mol. The van der Waals surface area contributed by atoms with Crippen LogP contribution in [0.25, 0.3) is 0 Å². The second kappa shape index (κ2) is 8.90. The molecule has 0 heterocycles. The summed E-state index contributed by atoms with van der Waals surface area (Å²) in [5.41, 5.74) is 3.14. The van der Waals surface area contributed by atoms with E-state index in [1.165, 1.54) is 0 Å². The lowest BCUT2D eigenvalue weighted by Gasteiger charge is -2.11. The molecule has 0 radical (unpaired) electrons. The van der Waals surface area contributed by atoms with Crippen LogP contribution < -0.4 is 10.1 Å². The van der Waals surface area contributed by atoms with Crippen LogP contribution in [0.1, 0.15) is 18.1 Å². The average molecular weight is 361 g/mol. The molecule has 0 fully saturated rings. The fourth-order valence-corrected chi connectivity index (χ4v) is 2.75. The maximum atomic E-state index is 11.0. The Labute approximate surface area is 159 Å². The van der Waals surface area contributed by atoms with E-state index in [1.807, 2.05) is 78.9 Å². The van der Waals surface area contributed by atoms with E-state index in [9.17, 15) is 4.79 Å². The van der Waals surface area contributed by atoms with E-state index in [1.54, 1.807) is 6.92 Å². The molecule has 138 valence electrons. The number of nitrogens with one attached hydrogen (secondary N) is 1. The van der Waals surface area contributed by atoms with Gasteiger partial charge in [-0.15, -0.1) is 0 Å². The van der Waals surface area contributed by atoms with E-state index < -0.39 is 5.97 Å². The first-order chi connectivity index (χ1) is 13.1. The fourth-order valence-electron chi connectivity index (χ4n) is 2.75. The van der Waals surface area contributed by atoms with Crippen molar-refractivity contribution in [2.45, 2.75) is 19.9 Å². The normalized spacial score (nSPS) is 11.6. The number of aliphatic carboxylic acids is 1. The molecule has 0 aromatic heterocycles. The Hall–Kier alpha value is -3.27. The number of rotatable bonds is 8. The van der Waals surface area contributed by atoms with Crippen LogP contribution in [-0.2, 0) is 17.8 Å². The highest BCUT2D eigenvalue weighted by molar-refractivity contribution is 5.69. The average Bonchev–Trinajstić information content (AvgIpc) is 2.68. The summed E-state index contributed by atoms with van der Waals surface area (Å²) in [5.74, 6) is 0.471. The molecule has 0 bridgehead atoms. The molecule has 1 unspecified atom stereocenters. The van der Waals surface area contributed by atoms with Crippen LogP contribution in [0.4, 0.5) is 5.69 Å². The minimum absolute atomic E-state index is 0.379. The van der Waals surface area contributed by atoms with Crippen molar-refractivity contribution in [1.82, 2.24) is 0 Å². The first kappa shape index (κ1) is 18.5. The maximum absolute atomic E-state index is 11.0. The van der Waals surface area contributed by atoms with Gasteiger partial charge in [0, 0.05) is 12.2 Å². The highest BCUT2D eigenvalue weighted by Crippen LogP contribution is 2.22. The smallest absolute Gasteiger partial charge is 0.306 e. The Kier molecular flexibility index (Phi) is 6.10. The summed E-state index contributed by atoms with van der Waals surface area (Å²) in [6.07, 6.45) is 0.536. The number of hydrogen-bond donors (Lipinski definition) is 2. The first-order valence-electron chi connectivity index (χ1n) is 8.97. The van der Waals surface area contributed by atoms with Crippen molar-refractivity contribution in [2.24, 2.45) is 5.92 Å². The van der Waals surface area contributed by atoms with E-state index in [-0.39, 0.29) is 5.92 Å². The number of carbonyl (C=O) groups is 1. The van der Waals surface area contributed by atoms with E-state index >= 15 is 0 Å². The van der Waals surface area contributed by atoms with Crippen LogP contribution in [0.15, 0.2) is 78.9 Å². The van der Waals surface area contributed by atoms with Crippen molar-refractivity contribution in [3.05, 3.63) is 90.0 Å². The predicted octanol–water partition coefficient (Wildman–Crippen LogP) is 5.35. The van der Waals surface area contributed by atoms with Gasteiger partial charge >= 0.3 is 5.97 Å².